The second-order valence-electron chi connectivity index (χ2n) is 5.39. The zero-order valence-electron chi connectivity index (χ0n) is 12.8. The van der Waals surface area contributed by atoms with Crippen LogP contribution in [0.4, 0.5) is 0 Å². The van der Waals surface area contributed by atoms with E-state index in [9.17, 15) is 0 Å². The predicted octanol–water partition coefficient (Wildman–Crippen LogP) is 3.56. The molecule has 2 aromatic heterocycles. The fourth-order valence-electron chi connectivity index (χ4n) is 2.48. The average Bonchev–Trinajstić information content (AvgIpc) is 2.81. The summed E-state index contributed by atoms with van der Waals surface area (Å²) in [4.78, 5) is 0. The van der Waals surface area contributed by atoms with Gasteiger partial charge >= 0.3 is 0 Å². The minimum absolute atomic E-state index is 0.929. The van der Waals surface area contributed by atoms with Crippen molar-refractivity contribution in [3.8, 4) is 16.9 Å². The van der Waals surface area contributed by atoms with Gasteiger partial charge in [-0.25, -0.2) is 4.68 Å². The molecular weight excluding hydrogens is 260 g/mol. The summed E-state index contributed by atoms with van der Waals surface area (Å²) in [5.41, 5.74) is 7.49. The van der Waals surface area contributed by atoms with E-state index < -0.39 is 0 Å². The van der Waals surface area contributed by atoms with Crippen LogP contribution in [0, 0.1) is 27.7 Å². The largest absolute Gasteiger partial charge is 0.238 e. The monoisotopic (exact) mass is 278 g/mol. The molecule has 3 rings (SSSR count). The molecule has 0 aliphatic rings. The molecule has 0 radical (unpaired) electrons. The van der Waals surface area contributed by atoms with Gasteiger partial charge in [0.1, 0.15) is 0 Å². The first-order valence-electron chi connectivity index (χ1n) is 6.99. The molecule has 4 nitrogen and oxygen atoms in total. The van der Waals surface area contributed by atoms with Gasteiger partial charge in [0.15, 0.2) is 0 Å². The van der Waals surface area contributed by atoms with Crippen molar-refractivity contribution in [2.75, 3.05) is 0 Å². The third-order valence-electron chi connectivity index (χ3n) is 3.73. The minimum Gasteiger partial charge on any atom is -0.238 e. The van der Waals surface area contributed by atoms with Gasteiger partial charge in [-0.3, -0.25) is 0 Å². The van der Waals surface area contributed by atoms with Gasteiger partial charge in [0.05, 0.1) is 23.3 Å². The average molecular weight is 278 g/mol. The molecule has 0 aliphatic carbocycles. The maximum Gasteiger partial charge on any atom is 0.0962 e. The standard InChI is InChI=1S/C17H18N4/c1-11-10-18-19-17(14(11)4)15-6-5-7-16(9-15)21-13(3)8-12(2)20-21/h5-10H,1-4H3. The molecule has 0 saturated heterocycles. The molecule has 21 heavy (non-hydrogen) atoms. The summed E-state index contributed by atoms with van der Waals surface area (Å²) in [6, 6.07) is 10.3. The van der Waals surface area contributed by atoms with Gasteiger partial charge in [-0.2, -0.15) is 15.3 Å². The summed E-state index contributed by atoms with van der Waals surface area (Å²) in [7, 11) is 0. The van der Waals surface area contributed by atoms with E-state index in [4.69, 9.17) is 0 Å². The highest BCUT2D eigenvalue weighted by Gasteiger charge is 2.09. The van der Waals surface area contributed by atoms with Crippen molar-refractivity contribution in [1.82, 2.24) is 20.0 Å². The third kappa shape index (κ3) is 2.44. The lowest BCUT2D eigenvalue weighted by Gasteiger charge is -2.09. The molecule has 106 valence electrons. The van der Waals surface area contributed by atoms with Crippen LogP contribution in [0.3, 0.4) is 0 Å². The predicted molar refractivity (Wildman–Crippen MR) is 83.5 cm³/mol. The van der Waals surface area contributed by atoms with Crippen LogP contribution in [0.5, 0.6) is 0 Å². The van der Waals surface area contributed by atoms with Gasteiger partial charge in [0.2, 0.25) is 0 Å². The van der Waals surface area contributed by atoms with Gasteiger partial charge in [0.25, 0.3) is 0 Å². The Morgan fingerprint density at radius 1 is 1.00 bits per heavy atom. The molecule has 0 amide bonds. The summed E-state index contributed by atoms with van der Waals surface area (Å²) < 4.78 is 1.96. The highest BCUT2D eigenvalue weighted by atomic mass is 15.3. The normalized spacial score (nSPS) is 10.9. The van der Waals surface area contributed by atoms with Crippen LogP contribution in [0.15, 0.2) is 36.5 Å². The molecule has 0 spiro atoms. The van der Waals surface area contributed by atoms with E-state index in [0.717, 1.165) is 39.5 Å². The first kappa shape index (κ1) is 13.5. The van der Waals surface area contributed by atoms with Gasteiger partial charge in [0, 0.05) is 11.3 Å². The fraction of sp³-hybridized carbons (Fsp3) is 0.235. The number of hydrogen-bond donors (Lipinski definition) is 0. The van der Waals surface area contributed by atoms with Crippen molar-refractivity contribution < 1.29 is 0 Å². The summed E-state index contributed by atoms with van der Waals surface area (Å²) in [6.07, 6.45) is 1.80. The smallest absolute Gasteiger partial charge is 0.0962 e. The Bertz CT molecular complexity index is 802. The van der Waals surface area contributed by atoms with E-state index in [1.807, 2.05) is 17.7 Å². The molecule has 3 aromatic rings. The maximum atomic E-state index is 4.54. The molecule has 2 heterocycles. The van der Waals surface area contributed by atoms with Crippen molar-refractivity contribution in [2.24, 2.45) is 0 Å². The second-order valence-corrected chi connectivity index (χ2v) is 5.39. The minimum atomic E-state index is 0.929. The topological polar surface area (TPSA) is 43.6 Å². The highest BCUT2D eigenvalue weighted by Crippen LogP contribution is 2.24. The number of aromatic nitrogens is 4. The van der Waals surface area contributed by atoms with Crippen molar-refractivity contribution in [3.63, 3.8) is 0 Å². The summed E-state index contributed by atoms with van der Waals surface area (Å²) in [5, 5.41) is 12.9. The molecule has 1 aromatic carbocycles. The van der Waals surface area contributed by atoms with E-state index in [0.29, 0.717) is 0 Å². The Balaban J connectivity index is 2.12. The lowest BCUT2D eigenvalue weighted by molar-refractivity contribution is 0.833. The number of benzene rings is 1. The molecule has 0 unspecified atom stereocenters. The number of hydrogen-bond acceptors (Lipinski definition) is 3. The fourth-order valence-corrected chi connectivity index (χ4v) is 2.48. The van der Waals surface area contributed by atoms with E-state index >= 15 is 0 Å². The number of nitrogens with zero attached hydrogens (tertiary/aromatic N) is 4. The van der Waals surface area contributed by atoms with Crippen molar-refractivity contribution in [1.29, 1.82) is 0 Å². The Morgan fingerprint density at radius 3 is 2.52 bits per heavy atom. The van der Waals surface area contributed by atoms with E-state index in [1.165, 1.54) is 0 Å². The van der Waals surface area contributed by atoms with E-state index in [1.54, 1.807) is 6.20 Å². The molecule has 4 heteroatoms. The molecular formula is C17H18N4. The number of rotatable bonds is 2. The molecule has 0 aliphatic heterocycles. The van der Waals surface area contributed by atoms with Gasteiger partial charge < -0.3 is 0 Å². The Hall–Kier alpha value is -2.49. The van der Waals surface area contributed by atoms with Crippen molar-refractivity contribution in [3.05, 3.63) is 59.0 Å². The second kappa shape index (κ2) is 5.13. The quantitative estimate of drug-likeness (QED) is 0.720. The molecule has 0 fully saturated rings. The first-order chi connectivity index (χ1) is 10.1. The number of aryl methyl sites for hydroxylation is 3. The maximum absolute atomic E-state index is 4.54. The van der Waals surface area contributed by atoms with Crippen molar-refractivity contribution in [2.45, 2.75) is 27.7 Å². The van der Waals surface area contributed by atoms with Crippen molar-refractivity contribution >= 4 is 0 Å². The van der Waals surface area contributed by atoms with E-state index in [2.05, 4.69) is 60.3 Å². The van der Waals surface area contributed by atoms with Crippen LogP contribution in [-0.2, 0) is 0 Å². The zero-order chi connectivity index (χ0) is 15.0. The Morgan fingerprint density at radius 2 is 1.81 bits per heavy atom. The first-order valence-corrected chi connectivity index (χ1v) is 6.99. The molecule has 0 bridgehead atoms. The lowest BCUT2D eigenvalue weighted by Crippen LogP contribution is -2.00. The molecule has 0 N–H and O–H groups in total. The van der Waals surface area contributed by atoms with Crippen LogP contribution < -0.4 is 0 Å². The Kier molecular flexibility index (Phi) is 3.29. The van der Waals surface area contributed by atoms with Gasteiger partial charge in [-0.05, 0) is 57.0 Å². The zero-order valence-corrected chi connectivity index (χ0v) is 12.8. The summed E-state index contributed by atoms with van der Waals surface area (Å²) in [6.45, 7) is 8.20. The molecule has 0 atom stereocenters. The van der Waals surface area contributed by atoms with Crippen LogP contribution in [-0.4, -0.2) is 20.0 Å². The van der Waals surface area contributed by atoms with Gasteiger partial charge in [-0.15, -0.1) is 0 Å². The van der Waals surface area contributed by atoms with Crippen LogP contribution in [0.1, 0.15) is 22.5 Å². The SMILES string of the molecule is Cc1cc(C)n(-c2cccc(-c3nncc(C)c3C)c2)n1. The molecule has 0 saturated carbocycles. The van der Waals surface area contributed by atoms with E-state index in [-0.39, 0.29) is 0 Å². The third-order valence-corrected chi connectivity index (χ3v) is 3.73. The highest BCUT2D eigenvalue weighted by molar-refractivity contribution is 5.65. The summed E-state index contributed by atoms with van der Waals surface area (Å²) in [5.74, 6) is 0. The van der Waals surface area contributed by atoms with Crippen LogP contribution >= 0.6 is 0 Å². The van der Waals surface area contributed by atoms with Gasteiger partial charge in [-0.1, -0.05) is 12.1 Å². The summed E-state index contributed by atoms with van der Waals surface area (Å²) >= 11 is 0. The van der Waals surface area contributed by atoms with Crippen LogP contribution in [0.25, 0.3) is 16.9 Å². The Labute approximate surface area is 124 Å². The van der Waals surface area contributed by atoms with Crippen LogP contribution in [0.2, 0.25) is 0 Å². The lowest BCUT2D eigenvalue weighted by atomic mass is 10.0.